The smallest absolute Gasteiger partial charge is 0.227 e. The molecular weight excluding hydrogens is 338 g/mol. The molecule has 27 heavy (non-hydrogen) atoms. The number of piperidine rings is 1. The number of nitrogens with zero attached hydrogens (tertiary/aromatic N) is 5. The summed E-state index contributed by atoms with van der Waals surface area (Å²) in [5, 5.41) is 8.99. The van der Waals surface area contributed by atoms with E-state index in [0.717, 1.165) is 49.8 Å². The van der Waals surface area contributed by atoms with Gasteiger partial charge in [-0.15, -0.1) is 10.2 Å². The van der Waals surface area contributed by atoms with Crippen molar-refractivity contribution in [1.82, 2.24) is 24.6 Å². The van der Waals surface area contributed by atoms with Gasteiger partial charge in [0.25, 0.3) is 0 Å². The van der Waals surface area contributed by atoms with Gasteiger partial charge in [0.1, 0.15) is 11.6 Å². The van der Waals surface area contributed by atoms with E-state index in [1.165, 1.54) is 24.9 Å². The Hall–Kier alpha value is -2.21. The molecule has 2 aromatic rings. The fourth-order valence-corrected chi connectivity index (χ4v) is 4.27. The fraction of sp³-hybridized carbons (Fsp3) is 0.571. The van der Waals surface area contributed by atoms with Crippen LogP contribution in [0.3, 0.4) is 0 Å². The van der Waals surface area contributed by atoms with Gasteiger partial charge in [-0.25, -0.2) is 0 Å². The van der Waals surface area contributed by atoms with E-state index in [1.54, 1.807) is 0 Å². The minimum Gasteiger partial charge on any atom is -0.340 e. The molecule has 6 nitrogen and oxygen atoms in total. The monoisotopic (exact) mass is 367 g/mol. The average Bonchev–Trinajstić information content (AvgIpc) is 2.95. The first-order valence-electron chi connectivity index (χ1n) is 10.0. The number of rotatable bonds is 3. The molecule has 0 spiro atoms. The van der Waals surface area contributed by atoms with Crippen LogP contribution in [-0.4, -0.2) is 63.7 Å². The van der Waals surface area contributed by atoms with Gasteiger partial charge in [-0.1, -0.05) is 29.8 Å². The summed E-state index contributed by atoms with van der Waals surface area (Å²) in [4.78, 5) is 17.2. The topological polar surface area (TPSA) is 54.3 Å². The number of carbonyl (C=O) groups excluding carboxylic acids is 1. The number of hydrogen-bond acceptors (Lipinski definition) is 4. The molecule has 1 amide bonds. The molecule has 0 unspecified atom stereocenters. The van der Waals surface area contributed by atoms with Crippen molar-refractivity contribution in [2.75, 3.05) is 33.2 Å². The zero-order valence-electron chi connectivity index (χ0n) is 16.4. The molecule has 0 aliphatic carbocycles. The van der Waals surface area contributed by atoms with Crippen LogP contribution in [0.1, 0.15) is 41.5 Å². The number of hydrogen-bond donors (Lipinski definition) is 0. The molecule has 2 aliphatic rings. The Bertz CT molecular complexity index is 797. The van der Waals surface area contributed by atoms with Gasteiger partial charge in [0.05, 0.1) is 6.42 Å². The Balaban J connectivity index is 1.42. The highest BCUT2D eigenvalue weighted by Gasteiger charge is 2.27. The lowest BCUT2D eigenvalue weighted by atomic mass is 9.97. The molecule has 0 radical (unpaired) electrons. The number of likely N-dealkylation sites (tertiary alicyclic amines) is 1. The second-order valence-electron chi connectivity index (χ2n) is 8.02. The number of fused-ring (bicyclic) bond motifs is 1. The molecule has 0 bridgehead atoms. The molecule has 1 saturated heterocycles. The second kappa shape index (κ2) is 7.80. The third kappa shape index (κ3) is 4.05. The van der Waals surface area contributed by atoms with Gasteiger partial charge in [0, 0.05) is 38.5 Å². The number of benzene rings is 1. The normalized spacial score (nSPS) is 21.0. The van der Waals surface area contributed by atoms with Gasteiger partial charge < -0.3 is 14.4 Å². The number of likely N-dealkylation sites (N-methyl/N-ethyl adjacent to an activating group) is 1. The van der Waals surface area contributed by atoms with Crippen LogP contribution in [0.15, 0.2) is 24.3 Å². The van der Waals surface area contributed by atoms with Crippen molar-refractivity contribution in [2.45, 2.75) is 45.1 Å². The van der Waals surface area contributed by atoms with E-state index in [9.17, 15) is 4.79 Å². The molecule has 1 atom stereocenters. The largest absolute Gasteiger partial charge is 0.340 e. The predicted octanol–water partition coefficient (Wildman–Crippen LogP) is 2.02. The van der Waals surface area contributed by atoms with E-state index >= 15 is 0 Å². The Labute approximate surface area is 161 Å². The van der Waals surface area contributed by atoms with Crippen LogP contribution in [-0.2, 0) is 24.2 Å². The highest BCUT2D eigenvalue weighted by molar-refractivity contribution is 5.78. The van der Waals surface area contributed by atoms with Gasteiger partial charge in [-0.3, -0.25) is 4.79 Å². The first kappa shape index (κ1) is 18.2. The van der Waals surface area contributed by atoms with Crippen LogP contribution >= 0.6 is 0 Å². The maximum Gasteiger partial charge on any atom is 0.227 e. The maximum atomic E-state index is 12.8. The molecule has 1 aromatic carbocycles. The third-order valence-corrected chi connectivity index (χ3v) is 5.87. The minimum absolute atomic E-state index is 0.205. The zero-order chi connectivity index (χ0) is 18.8. The molecule has 1 fully saturated rings. The van der Waals surface area contributed by atoms with Crippen molar-refractivity contribution in [3.05, 3.63) is 47.0 Å². The number of aryl methyl sites for hydroxylation is 1. The molecule has 6 heteroatoms. The lowest BCUT2D eigenvalue weighted by molar-refractivity contribution is -0.130. The fourth-order valence-electron chi connectivity index (χ4n) is 4.27. The van der Waals surface area contributed by atoms with Crippen molar-refractivity contribution in [2.24, 2.45) is 0 Å². The second-order valence-corrected chi connectivity index (χ2v) is 8.02. The summed E-state index contributed by atoms with van der Waals surface area (Å²) in [5.74, 6) is 2.81. The molecule has 0 saturated carbocycles. The third-order valence-electron chi connectivity index (χ3n) is 5.87. The standard InChI is InChI=1S/C21H29N5O/c1-16-5-7-17(8-6-16)14-20(27)25-11-9-19-22-23-21(26(19)13-12-25)18-4-3-10-24(2)15-18/h5-8,18H,3-4,9-15H2,1-2H3/t18-/m1/s1. The first-order chi connectivity index (χ1) is 13.1. The summed E-state index contributed by atoms with van der Waals surface area (Å²) >= 11 is 0. The molecule has 1 aromatic heterocycles. The van der Waals surface area contributed by atoms with E-state index in [0.29, 0.717) is 12.3 Å². The molecule has 0 N–H and O–H groups in total. The summed E-state index contributed by atoms with van der Waals surface area (Å²) in [7, 11) is 2.18. The van der Waals surface area contributed by atoms with Crippen molar-refractivity contribution in [3.8, 4) is 0 Å². The predicted molar refractivity (Wildman–Crippen MR) is 105 cm³/mol. The van der Waals surface area contributed by atoms with Crippen LogP contribution < -0.4 is 0 Å². The molecule has 2 aliphatic heterocycles. The molecule has 4 rings (SSSR count). The lowest BCUT2D eigenvalue weighted by Gasteiger charge is -2.29. The van der Waals surface area contributed by atoms with Gasteiger partial charge in [-0.2, -0.15) is 0 Å². The van der Waals surface area contributed by atoms with Gasteiger partial charge in [-0.05, 0) is 38.9 Å². The highest BCUT2D eigenvalue weighted by atomic mass is 16.2. The van der Waals surface area contributed by atoms with E-state index in [2.05, 4.69) is 57.9 Å². The Morgan fingerprint density at radius 1 is 1.11 bits per heavy atom. The quantitative estimate of drug-likeness (QED) is 0.833. The van der Waals surface area contributed by atoms with E-state index in [1.807, 2.05) is 4.90 Å². The number of aromatic nitrogens is 3. The van der Waals surface area contributed by atoms with Crippen molar-refractivity contribution in [1.29, 1.82) is 0 Å². The summed E-state index contributed by atoms with van der Waals surface area (Å²) in [6, 6.07) is 8.25. The van der Waals surface area contributed by atoms with Gasteiger partial charge in [0.2, 0.25) is 5.91 Å². The van der Waals surface area contributed by atoms with Crippen molar-refractivity contribution in [3.63, 3.8) is 0 Å². The van der Waals surface area contributed by atoms with E-state index in [4.69, 9.17) is 0 Å². The SMILES string of the molecule is Cc1ccc(CC(=O)N2CCc3nnc([C@@H]4CCCN(C)C4)n3CC2)cc1. The Morgan fingerprint density at radius 2 is 1.93 bits per heavy atom. The molecule has 3 heterocycles. The summed E-state index contributed by atoms with van der Waals surface area (Å²) in [6.07, 6.45) is 3.65. The average molecular weight is 367 g/mol. The van der Waals surface area contributed by atoms with Crippen LogP contribution in [0.5, 0.6) is 0 Å². The van der Waals surface area contributed by atoms with Gasteiger partial charge in [0.15, 0.2) is 0 Å². The summed E-state index contributed by atoms with van der Waals surface area (Å²) in [5.41, 5.74) is 2.31. The molecule has 144 valence electrons. The number of amides is 1. The Morgan fingerprint density at radius 3 is 2.70 bits per heavy atom. The number of carbonyl (C=O) groups is 1. The highest BCUT2D eigenvalue weighted by Crippen LogP contribution is 2.26. The Kier molecular flexibility index (Phi) is 5.25. The van der Waals surface area contributed by atoms with Gasteiger partial charge >= 0.3 is 0 Å². The van der Waals surface area contributed by atoms with E-state index in [-0.39, 0.29) is 5.91 Å². The zero-order valence-corrected chi connectivity index (χ0v) is 16.4. The van der Waals surface area contributed by atoms with Crippen LogP contribution in [0, 0.1) is 6.92 Å². The van der Waals surface area contributed by atoms with Crippen LogP contribution in [0.2, 0.25) is 0 Å². The lowest BCUT2D eigenvalue weighted by Crippen LogP contribution is -2.35. The summed E-state index contributed by atoms with van der Waals surface area (Å²) in [6.45, 7) is 6.56. The van der Waals surface area contributed by atoms with Crippen molar-refractivity contribution < 1.29 is 4.79 Å². The minimum atomic E-state index is 0.205. The van der Waals surface area contributed by atoms with Crippen LogP contribution in [0.25, 0.3) is 0 Å². The van der Waals surface area contributed by atoms with E-state index < -0.39 is 0 Å². The summed E-state index contributed by atoms with van der Waals surface area (Å²) < 4.78 is 2.28. The van der Waals surface area contributed by atoms with Crippen molar-refractivity contribution >= 4 is 5.91 Å². The molecular formula is C21H29N5O. The first-order valence-corrected chi connectivity index (χ1v) is 10.0. The van der Waals surface area contributed by atoms with Crippen LogP contribution in [0.4, 0.5) is 0 Å². The maximum absolute atomic E-state index is 12.8.